The van der Waals surface area contributed by atoms with Crippen molar-refractivity contribution in [2.45, 2.75) is 81.8 Å². The van der Waals surface area contributed by atoms with Crippen LogP contribution < -0.4 is 11.3 Å². The van der Waals surface area contributed by atoms with Gasteiger partial charge in [0.1, 0.15) is 0 Å². The zero-order chi connectivity index (χ0) is 14.9. The first-order valence-corrected chi connectivity index (χ1v) is 8.52. The maximum absolute atomic E-state index is 13.4. The van der Waals surface area contributed by atoms with E-state index in [0.717, 1.165) is 32.3 Å². The van der Waals surface area contributed by atoms with Crippen LogP contribution in [0.5, 0.6) is 0 Å². The quantitative estimate of drug-likeness (QED) is 0.620. The van der Waals surface area contributed by atoms with E-state index >= 15 is 0 Å². The Kier molecular flexibility index (Phi) is 4.53. The monoisotopic (exact) mass is 302 g/mol. The van der Waals surface area contributed by atoms with Gasteiger partial charge < -0.3 is 4.74 Å². The molecule has 0 amide bonds. The first-order chi connectivity index (χ1) is 10.0. The standard InChI is InChI=1S/C16H28F2N2O/c17-16(18)8-3-12(4-9-16)14(20-19)13-5-10-21-15(11-13)6-1-2-7-15/h12-14,20H,1-11,19H2. The van der Waals surface area contributed by atoms with Crippen LogP contribution >= 0.6 is 0 Å². The number of rotatable bonds is 3. The number of hydrogen-bond acceptors (Lipinski definition) is 3. The third kappa shape index (κ3) is 3.40. The fourth-order valence-electron chi connectivity index (χ4n) is 4.82. The molecule has 5 heteroatoms. The van der Waals surface area contributed by atoms with Crippen molar-refractivity contribution < 1.29 is 13.5 Å². The van der Waals surface area contributed by atoms with E-state index in [-0.39, 0.29) is 30.4 Å². The molecule has 21 heavy (non-hydrogen) atoms. The Labute approximate surface area is 126 Å². The summed E-state index contributed by atoms with van der Waals surface area (Å²) < 4.78 is 32.8. The lowest BCUT2D eigenvalue weighted by atomic mass is 9.72. The number of alkyl halides is 2. The van der Waals surface area contributed by atoms with E-state index in [0.29, 0.717) is 18.8 Å². The number of hydrazine groups is 1. The largest absolute Gasteiger partial charge is 0.375 e. The van der Waals surface area contributed by atoms with Crippen molar-refractivity contribution in [1.29, 1.82) is 0 Å². The van der Waals surface area contributed by atoms with Crippen LogP contribution in [0.15, 0.2) is 0 Å². The molecule has 3 nitrogen and oxygen atoms in total. The summed E-state index contributed by atoms with van der Waals surface area (Å²) in [5.74, 6) is 4.11. The Morgan fingerprint density at radius 2 is 1.67 bits per heavy atom. The van der Waals surface area contributed by atoms with E-state index in [9.17, 15) is 8.78 Å². The summed E-state index contributed by atoms with van der Waals surface area (Å²) in [6.45, 7) is 0.797. The van der Waals surface area contributed by atoms with Gasteiger partial charge in [0.05, 0.1) is 5.60 Å². The zero-order valence-corrected chi connectivity index (χ0v) is 12.8. The minimum Gasteiger partial charge on any atom is -0.375 e. The molecular weight excluding hydrogens is 274 g/mol. The van der Waals surface area contributed by atoms with Gasteiger partial charge in [-0.05, 0) is 50.4 Å². The molecule has 3 aliphatic rings. The van der Waals surface area contributed by atoms with Gasteiger partial charge in [0, 0.05) is 25.5 Å². The van der Waals surface area contributed by atoms with Gasteiger partial charge in [-0.2, -0.15) is 0 Å². The van der Waals surface area contributed by atoms with Crippen LogP contribution in [0.3, 0.4) is 0 Å². The van der Waals surface area contributed by atoms with Gasteiger partial charge in [-0.1, -0.05) is 12.8 Å². The number of hydrogen-bond donors (Lipinski definition) is 2. The van der Waals surface area contributed by atoms with E-state index < -0.39 is 5.92 Å². The Morgan fingerprint density at radius 1 is 1.00 bits per heavy atom. The normalized spacial score (nSPS) is 34.1. The van der Waals surface area contributed by atoms with E-state index in [1.807, 2.05) is 0 Å². The third-order valence-corrected chi connectivity index (χ3v) is 6.02. The average molecular weight is 302 g/mol. The average Bonchev–Trinajstić information content (AvgIpc) is 2.89. The van der Waals surface area contributed by atoms with Crippen LogP contribution in [0.2, 0.25) is 0 Å². The Hall–Kier alpha value is -0.260. The van der Waals surface area contributed by atoms with E-state index in [2.05, 4.69) is 5.43 Å². The minimum absolute atomic E-state index is 0.0181. The molecule has 1 spiro atoms. The van der Waals surface area contributed by atoms with Crippen LogP contribution in [-0.2, 0) is 4.74 Å². The Bertz CT molecular complexity index is 348. The van der Waals surface area contributed by atoms with Gasteiger partial charge in [0.15, 0.2) is 0 Å². The molecule has 0 bridgehead atoms. The van der Waals surface area contributed by atoms with Crippen molar-refractivity contribution in [2.75, 3.05) is 6.61 Å². The second kappa shape index (κ2) is 6.09. The van der Waals surface area contributed by atoms with Gasteiger partial charge in [0.25, 0.3) is 0 Å². The summed E-state index contributed by atoms with van der Waals surface area (Å²) in [5.41, 5.74) is 3.04. The van der Waals surface area contributed by atoms with Crippen LogP contribution in [0.25, 0.3) is 0 Å². The van der Waals surface area contributed by atoms with Crippen molar-refractivity contribution in [3.8, 4) is 0 Å². The fourth-order valence-corrected chi connectivity index (χ4v) is 4.82. The number of ether oxygens (including phenoxy) is 1. The maximum atomic E-state index is 13.4. The summed E-state index contributed by atoms with van der Waals surface area (Å²) in [6, 6.07) is 0.169. The number of nitrogens with two attached hydrogens (primary N) is 1. The smallest absolute Gasteiger partial charge is 0.248 e. The molecule has 2 aliphatic carbocycles. The van der Waals surface area contributed by atoms with Gasteiger partial charge >= 0.3 is 0 Å². The second-order valence-corrected chi connectivity index (χ2v) is 7.38. The summed E-state index contributed by atoms with van der Waals surface area (Å²) in [4.78, 5) is 0. The van der Waals surface area contributed by atoms with E-state index in [4.69, 9.17) is 10.6 Å². The topological polar surface area (TPSA) is 47.3 Å². The molecule has 0 aromatic rings. The van der Waals surface area contributed by atoms with Gasteiger partial charge in [-0.25, -0.2) is 8.78 Å². The molecule has 1 saturated heterocycles. The Balaban J connectivity index is 1.63. The lowest BCUT2D eigenvalue weighted by Gasteiger charge is -2.44. The van der Waals surface area contributed by atoms with Gasteiger partial charge in [-0.15, -0.1) is 0 Å². The van der Waals surface area contributed by atoms with E-state index in [1.165, 1.54) is 12.8 Å². The van der Waals surface area contributed by atoms with Crippen molar-refractivity contribution in [1.82, 2.24) is 5.43 Å². The molecule has 0 radical (unpaired) electrons. The highest BCUT2D eigenvalue weighted by Gasteiger charge is 2.45. The molecule has 3 fully saturated rings. The predicted molar refractivity (Wildman–Crippen MR) is 77.9 cm³/mol. The second-order valence-electron chi connectivity index (χ2n) is 7.38. The molecule has 2 saturated carbocycles. The van der Waals surface area contributed by atoms with Crippen molar-refractivity contribution in [3.05, 3.63) is 0 Å². The lowest BCUT2D eigenvalue weighted by Crippen LogP contribution is -2.52. The molecule has 2 atom stereocenters. The summed E-state index contributed by atoms with van der Waals surface area (Å²) >= 11 is 0. The zero-order valence-electron chi connectivity index (χ0n) is 12.8. The molecule has 0 aromatic carbocycles. The van der Waals surface area contributed by atoms with Crippen LogP contribution in [0.4, 0.5) is 8.78 Å². The summed E-state index contributed by atoms with van der Waals surface area (Å²) in [7, 11) is 0. The van der Waals surface area contributed by atoms with Crippen LogP contribution in [-0.4, -0.2) is 24.2 Å². The van der Waals surface area contributed by atoms with Crippen molar-refractivity contribution in [2.24, 2.45) is 17.7 Å². The molecular formula is C16H28F2N2O. The van der Waals surface area contributed by atoms with E-state index in [1.54, 1.807) is 0 Å². The van der Waals surface area contributed by atoms with Crippen molar-refractivity contribution >= 4 is 0 Å². The highest BCUT2D eigenvalue weighted by atomic mass is 19.3. The predicted octanol–water partition coefficient (Wildman–Crippen LogP) is 3.38. The minimum atomic E-state index is -2.46. The lowest BCUT2D eigenvalue weighted by molar-refractivity contribution is -0.106. The first-order valence-electron chi connectivity index (χ1n) is 8.52. The Morgan fingerprint density at radius 3 is 2.29 bits per heavy atom. The highest BCUT2D eigenvalue weighted by molar-refractivity contribution is 4.96. The third-order valence-electron chi connectivity index (χ3n) is 6.02. The summed E-state index contributed by atoms with van der Waals surface area (Å²) in [5, 5.41) is 0. The maximum Gasteiger partial charge on any atom is 0.248 e. The van der Waals surface area contributed by atoms with Gasteiger partial charge in [-0.3, -0.25) is 11.3 Å². The molecule has 1 aliphatic heterocycles. The van der Waals surface area contributed by atoms with Gasteiger partial charge in [0.2, 0.25) is 5.92 Å². The summed E-state index contributed by atoms with van der Waals surface area (Å²) in [6.07, 6.45) is 8.09. The molecule has 122 valence electrons. The SMILES string of the molecule is NNC(C1CCC(F)(F)CC1)C1CCOC2(CCCC2)C1. The highest BCUT2D eigenvalue weighted by Crippen LogP contribution is 2.45. The fraction of sp³-hybridized carbons (Fsp3) is 1.00. The molecule has 1 heterocycles. The number of halogens is 2. The number of nitrogens with one attached hydrogen (secondary N) is 1. The molecule has 0 aromatic heterocycles. The molecule has 2 unspecified atom stereocenters. The van der Waals surface area contributed by atoms with Crippen LogP contribution in [0, 0.1) is 11.8 Å². The molecule has 3 N–H and O–H groups in total. The molecule has 3 rings (SSSR count). The first kappa shape index (κ1) is 15.6. The van der Waals surface area contributed by atoms with Crippen LogP contribution in [0.1, 0.15) is 64.2 Å². The van der Waals surface area contributed by atoms with Crippen molar-refractivity contribution in [3.63, 3.8) is 0 Å².